The van der Waals surface area contributed by atoms with E-state index in [0.29, 0.717) is 5.57 Å². The van der Waals surface area contributed by atoms with Crippen molar-refractivity contribution in [3.05, 3.63) is 12.2 Å². The van der Waals surface area contributed by atoms with Crippen molar-refractivity contribution in [3.63, 3.8) is 0 Å². The van der Waals surface area contributed by atoms with Gasteiger partial charge in [-0.25, -0.2) is 4.79 Å². The fourth-order valence-electron chi connectivity index (χ4n) is 1.42. The van der Waals surface area contributed by atoms with E-state index >= 15 is 0 Å². The number of carbonyl (C=O) groups is 1. The SMILES string of the molecule is C=C(C(=O)OC)C1CCCCN1. The van der Waals surface area contributed by atoms with Gasteiger partial charge in [0.15, 0.2) is 0 Å². The first-order valence-corrected chi connectivity index (χ1v) is 4.26. The monoisotopic (exact) mass is 169 g/mol. The molecule has 1 atom stereocenters. The Morgan fingerprint density at radius 2 is 2.33 bits per heavy atom. The van der Waals surface area contributed by atoms with Gasteiger partial charge in [-0.05, 0) is 19.4 Å². The molecular weight excluding hydrogens is 154 g/mol. The first-order valence-electron chi connectivity index (χ1n) is 4.26. The van der Waals surface area contributed by atoms with Crippen LogP contribution in [0.5, 0.6) is 0 Å². The summed E-state index contributed by atoms with van der Waals surface area (Å²) in [5, 5.41) is 3.23. The average Bonchev–Trinajstić information content (AvgIpc) is 2.17. The van der Waals surface area contributed by atoms with Gasteiger partial charge in [-0.15, -0.1) is 0 Å². The van der Waals surface area contributed by atoms with Gasteiger partial charge in [-0.1, -0.05) is 13.0 Å². The lowest BCUT2D eigenvalue weighted by Gasteiger charge is -2.23. The van der Waals surface area contributed by atoms with Gasteiger partial charge < -0.3 is 10.1 Å². The van der Waals surface area contributed by atoms with Crippen LogP contribution in [0.15, 0.2) is 12.2 Å². The average molecular weight is 169 g/mol. The largest absolute Gasteiger partial charge is 0.466 e. The first-order chi connectivity index (χ1) is 5.75. The minimum absolute atomic E-state index is 0.131. The molecule has 1 heterocycles. The number of ether oxygens (including phenoxy) is 1. The van der Waals surface area contributed by atoms with Crippen LogP contribution in [0.25, 0.3) is 0 Å². The maximum absolute atomic E-state index is 11.0. The smallest absolute Gasteiger partial charge is 0.334 e. The molecule has 0 aromatic rings. The van der Waals surface area contributed by atoms with Crippen molar-refractivity contribution >= 4 is 5.97 Å². The van der Waals surface area contributed by atoms with Gasteiger partial charge in [0, 0.05) is 11.6 Å². The molecule has 0 aromatic carbocycles. The Morgan fingerprint density at radius 1 is 1.58 bits per heavy atom. The summed E-state index contributed by atoms with van der Waals surface area (Å²) in [5.74, 6) is -0.297. The van der Waals surface area contributed by atoms with E-state index in [1.54, 1.807) is 0 Å². The Labute approximate surface area is 72.8 Å². The maximum atomic E-state index is 11.0. The van der Waals surface area contributed by atoms with Crippen LogP contribution in [0.3, 0.4) is 0 Å². The third-order valence-corrected chi connectivity index (χ3v) is 2.18. The lowest BCUT2D eigenvalue weighted by molar-refractivity contribution is -0.136. The Balaban J connectivity index is 2.45. The summed E-state index contributed by atoms with van der Waals surface area (Å²) in [6.07, 6.45) is 3.34. The van der Waals surface area contributed by atoms with E-state index in [2.05, 4.69) is 16.6 Å². The molecule has 68 valence electrons. The fourth-order valence-corrected chi connectivity index (χ4v) is 1.42. The summed E-state index contributed by atoms with van der Waals surface area (Å²) in [7, 11) is 1.39. The zero-order chi connectivity index (χ0) is 8.97. The van der Waals surface area contributed by atoms with Crippen LogP contribution in [0.4, 0.5) is 0 Å². The summed E-state index contributed by atoms with van der Waals surface area (Å²) in [4.78, 5) is 11.0. The van der Waals surface area contributed by atoms with Crippen LogP contribution in [-0.2, 0) is 9.53 Å². The number of methoxy groups -OCH3 is 1. The number of nitrogens with one attached hydrogen (secondary N) is 1. The maximum Gasteiger partial charge on any atom is 0.334 e. The van der Waals surface area contributed by atoms with E-state index in [4.69, 9.17) is 0 Å². The minimum Gasteiger partial charge on any atom is -0.466 e. The second-order valence-corrected chi connectivity index (χ2v) is 3.02. The molecule has 12 heavy (non-hydrogen) atoms. The van der Waals surface area contributed by atoms with Gasteiger partial charge in [-0.3, -0.25) is 0 Å². The Morgan fingerprint density at radius 3 is 2.83 bits per heavy atom. The molecule has 0 saturated carbocycles. The van der Waals surface area contributed by atoms with E-state index < -0.39 is 0 Å². The Hall–Kier alpha value is -0.830. The van der Waals surface area contributed by atoms with E-state index in [0.717, 1.165) is 19.4 Å². The van der Waals surface area contributed by atoms with Crippen molar-refractivity contribution < 1.29 is 9.53 Å². The molecule has 1 aliphatic rings. The van der Waals surface area contributed by atoms with Gasteiger partial charge in [0.2, 0.25) is 0 Å². The van der Waals surface area contributed by atoms with Gasteiger partial charge in [0.05, 0.1) is 7.11 Å². The topological polar surface area (TPSA) is 38.3 Å². The van der Waals surface area contributed by atoms with Crippen LogP contribution in [0.1, 0.15) is 19.3 Å². The number of esters is 1. The second-order valence-electron chi connectivity index (χ2n) is 3.02. The number of hydrogen-bond acceptors (Lipinski definition) is 3. The molecule has 0 spiro atoms. The second kappa shape index (κ2) is 4.26. The molecule has 1 N–H and O–H groups in total. The molecule has 1 unspecified atom stereocenters. The first kappa shape index (κ1) is 9.26. The summed E-state index contributed by atoms with van der Waals surface area (Å²) >= 11 is 0. The normalized spacial score (nSPS) is 23.2. The van der Waals surface area contributed by atoms with Crippen LogP contribution in [-0.4, -0.2) is 25.7 Å². The zero-order valence-electron chi connectivity index (χ0n) is 7.43. The Kier molecular flexibility index (Phi) is 3.29. The highest BCUT2D eigenvalue weighted by Gasteiger charge is 2.20. The van der Waals surface area contributed by atoms with E-state index in [1.165, 1.54) is 13.5 Å². The minimum atomic E-state index is -0.297. The fraction of sp³-hybridized carbons (Fsp3) is 0.667. The van der Waals surface area contributed by atoms with Crippen molar-refractivity contribution in [3.8, 4) is 0 Å². The van der Waals surface area contributed by atoms with Crippen molar-refractivity contribution in [2.24, 2.45) is 0 Å². The molecule has 0 aliphatic carbocycles. The van der Waals surface area contributed by atoms with Crippen molar-refractivity contribution in [1.29, 1.82) is 0 Å². The molecule has 1 saturated heterocycles. The van der Waals surface area contributed by atoms with Crippen molar-refractivity contribution in [2.75, 3.05) is 13.7 Å². The van der Waals surface area contributed by atoms with Crippen LogP contribution < -0.4 is 5.32 Å². The molecule has 1 rings (SSSR count). The number of hydrogen-bond donors (Lipinski definition) is 1. The molecule has 1 aliphatic heterocycles. The molecule has 0 radical (unpaired) electrons. The van der Waals surface area contributed by atoms with Gasteiger partial charge in [0.1, 0.15) is 0 Å². The van der Waals surface area contributed by atoms with E-state index in [-0.39, 0.29) is 12.0 Å². The van der Waals surface area contributed by atoms with Crippen LogP contribution >= 0.6 is 0 Å². The lowest BCUT2D eigenvalue weighted by atomic mass is 9.99. The summed E-state index contributed by atoms with van der Waals surface area (Å²) in [6, 6.07) is 0.131. The molecule has 0 bridgehead atoms. The molecular formula is C9H15NO2. The number of rotatable bonds is 2. The quantitative estimate of drug-likeness (QED) is 0.492. The standard InChI is InChI=1S/C9H15NO2/c1-7(9(11)12-2)8-5-3-4-6-10-8/h8,10H,1,3-6H2,2H3. The van der Waals surface area contributed by atoms with Crippen LogP contribution in [0.2, 0.25) is 0 Å². The van der Waals surface area contributed by atoms with Gasteiger partial charge in [0.25, 0.3) is 0 Å². The molecule has 1 fully saturated rings. The Bertz CT molecular complexity index is 183. The summed E-state index contributed by atoms with van der Waals surface area (Å²) in [6.45, 7) is 4.68. The third kappa shape index (κ3) is 2.08. The van der Waals surface area contributed by atoms with Gasteiger partial charge in [-0.2, -0.15) is 0 Å². The molecule has 3 heteroatoms. The summed E-state index contributed by atoms with van der Waals surface area (Å²) < 4.78 is 4.59. The van der Waals surface area contributed by atoms with Crippen molar-refractivity contribution in [1.82, 2.24) is 5.32 Å². The predicted molar refractivity (Wildman–Crippen MR) is 46.8 cm³/mol. The highest BCUT2D eigenvalue weighted by molar-refractivity contribution is 5.88. The molecule has 3 nitrogen and oxygen atoms in total. The molecule has 0 aromatic heterocycles. The van der Waals surface area contributed by atoms with Crippen LogP contribution in [0, 0.1) is 0 Å². The van der Waals surface area contributed by atoms with E-state index in [1.807, 2.05) is 0 Å². The van der Waals surface area contributed by atoms with E-state index in [9.17, 15) is 4.79 Å². The third-order valence-electron chi connectivity index (χ3n) is 2.18. The van der Waals surface area contributed by atoms with Crippen molar-refractivity contribution in [2.45, 2.75) is 25.3 Å². The summed E-state index contributed by atoms with van der Waals surface area (Å²) in [5.41, 5.74) is 0.553. The predicted octanol–water partition coefficient (Wildman–Crippen LogP) is 0.858. The molecule has 0 amide bonds. The number of carbonyl (C=O) groups excluding carboxylic acids is 1. The highest BCUT2D eigenvalue weighted by atomic mass is 16.5. The lowest BCUT2D eigenvalue weighted by Crippen LogP contribution is -2.37. The van der Waals surface area contributed by atoms with Gasteiger partial charge >= 0.3 is 5.97 Å². The zero-order valence-corrected chi connectivity index (χ0v) is 7.43. The highest BCUT2D eigenvalue weighted by Crippen LogP contribution is 2.13. The number of piperidine rings is 1.